The van der Waals surface area contributed by atoms with Crippen molar-refractivity contribution in [1.29, 1.82) is 0 Å². The van der Waals surface area contributed by atoms with E-state index in [1.165, 1.54) is 38.5 Å². The molecule has 0 saturated heterocycles. The molecule has 0 aliphatic heterocycles. The van der Waals surface area contributed by atoms with Crippen LogP contribution < -0.4 is 10.6 Å². The van der Waals surface area contributed by atoms with Gasteiger partial charge in [0, 0.05) is 18.2 Å². The van der Waals surface area contributed by atoms with Gasteiger partial charge in [-0.3, -0.25) is 19.7 Å². The van der Waals surface area contributed by atoms with E-state index >= 15 is 0 Å². The Morgan fingerprint density at radius 1 is 0.646 bits per heavy atom. The lowest BCUT2D eigenvalue weighted by atomic mass is 9.97. The summed E-state index contributed by atoms with van der Waals surface area (Å²) in [5.41, 5.74) is -0.624. The third-order valence-corrected chi connectivity index (χ3v) is 9.32. The SMILES string of the molecule is CC(C)(C)NC(C=O)CC(=O)OCC1CCCC(COC(=O)CC(NC(C)(C)C)C(=O)OC2CCCCC2)CC1.COC1CCCCC1. The van der Waals surface area contributed by atoms with E-state index in [-0.39, 0.29) is 53.8 Å². The van der Waals surface area contributed by atoms with Gasteiger partial charge >= 0.3 is 17.9 Å². The number of hydrogen-bond donors (Lipinski definition) is 2. The standard InChI is InChI=1S/C31H54N2O7.C7H14O/c1-30(2,3)32-24(19-34)17-27(35)38-20-22-11-10-12-23(16-15-22)21-39-28(36)18-26(33-31(4,5)6)29(37)40-25-13-8-7-9-14-25;1-8-7-5-3-2-4-6-7/h19,22-26,32-33H,7-18,20-21H2,1-6H3;7H,2-6H2,1H3. The van der Waals surface area contributed by atoms with Gasteiger partial charge in [0.15, 0.2) is 0 Å². The molecule has 10 nitrogen and oxygen atoms in total. The zero-order valence-corrected chi connectivity index (χ0v) is 31.2. The lowest BCUT2D eigenvalue weighted by molar-refractivity contribution is -0.158. The predicted molar refractivity (Wildman–Crippen MR) is 187 cm³/mol. The number of ether oxygens (including phenoxy) is 4. The van der Waals surface area contributed by atoms with Crippen molar-refractivity contribution in [3.63, 3.8) is 0 Å². The van der Waals surface area contributed by atoms with E-state index in [1.54, 1.807) is 0 Å². The summed E-state index contributed by atoms with van der Waals surface area (Å²) in [6, 6.07) is -1.30. The Labute approximate surface area is 290 Å². The summed E-state index contributed by atoms with van der Waals surface area (Å²) in [4.78, 5) is 49.3. The van der Waals surface area contributed by atoms with Gasteiger partial charge in [0.25, 0.3) is 0 Å². The van der Waals surface area contributed by atoms with Crippen molar-refractivity contribution in [3.8, 4) is 0 Å². The highest BCUT2D eigenvalue weighted by Crippen LogP contribution is 2.28. The van der Waals surface area contributed by atoms with Crippen LogP contribution in [0.25, 0.3) is 0 Å². The second kappa shape index (κ2) is 21.9. The van der Waals surface area contributed by atoms with Crippen LogP contribution in [0.4, 0.5) is 0 Å². The van der Waals surface area contributed by atoms with Crippen LogP contribution in [0.3, 0.4) is 0 Å². The molecule has 4 atom stereocenters. The third kappa shape index (κ3) is 19.2. The molecule has 3 saturated carbocycles. The van der Waals surface area contributed by atoms with Crippen LogP contribution in [0.1, 0.15) is 151 Å². The molecule has 4 unspecified atom stereocenters. The summed E-state index contributed by atoms with van der Waals surface area (Å²) < 4.78 is 22.1. The van der Waals surface area contributed by atoms with Gasteiger partial charge in [-0.2, -0.15) is 0 Å². The van der Waals surface area contributed by atoms with Crippen molar-refractivity contribution in [1.82, 2.24) is 10.6 Å². The Hall–Kier alpha value is -2.04. The Balaban J connectivity index is 0.000000870. The second-order valence-electron chi connectivity index (χ2n) is 16.3. The molecule has 0 amide bonds. The number of rotatable bonds is 14. The molecule has 10 heteroatoms. The largest absolute Gasteiger partial charge is 0.465 e. The number of nitrogens with one attached hydrogen (secondary N) is 2. The summed E-state index contributed by atoms with van der Waals surface area (Å²) in [5, 5.41) is 6.36. The van der Waals surface area contributed by atoms with Gasteiger partial charge in [-0.05, 0) is 118 Å². The first kappa shape index (κ1) is 42.1. The predicted octanol–water partition coefficient (Wildman–Crippen LogP) is 6.60. The van der Waals surface area contributed by atoms with E-state index in [0.717, 1.165) is 64.1 Å². The summed E-state index contributed by atoms with van der Waals surface area (Å²) in [6.45, 7) is 12.4. The molecule has 0 heterocycles. The van der Waals surface area contributed by atoms with Crippen molar-refractivity contribution in [2.45, 2.75) is 186 Å². The third-order valence-electron chi connectivity index (χ3n) is 9.32. The van der Waals surface area contributed by atoms with Crippen LogP contribution >= 0.6 is 0 Å². The molecule has 0 aromatic rings. The molecule has 2 N–H and O–H groups in total. The molecule has 0 spiro atoms. The number of hydrogen-bond acceptors (Lipinski definition) is 10. The molecule has 3 rings (SSSR count). The molecule has 0 aromatic carbocycles. The maximum Gasteiger partial charge on any atom is 0.324 e. The smallest absolute Gasteiger partial charge is 0.324 e. The minimum atomic E-state index is -0.736. The van der Waals surface area contributed by atoms with E-state index < -0.39 is 18.1 Å². The molecule has 0 bridgehead atoms. The molecule has 3 fully saturated rings. The summed E-state index contributed by atoms with van der Waals surface area (Å²) in [5.74, 6) is -0.651. The second-order valence-corrected chi connectivity index (χ2v) is 16.3. The van der Waals surface area contributed by atoms with Crippen molar-refractivity contribution in [3.05, 3.63) is 0 Å². The summed E-state index contributed by atoms with van der Waals surface area (Å²) in [7, 11) is 1.82. The topological polar surface area (TPSA) is 129 Å². The van der Waals surface area contributed by atoms with Crippen molar-refractivity contribution in [2.75, 3.05) is 20.3 Å². The van der Waals surface area contributed by atoms with Gasteiger partial charge in [-0.25, -0.2) is 0 Å². The van der Waals surface area contributed by atoms with E-state index in [9.17, 15) is 19.2 Å². The van der Waals surface area contributed by atoms with Crippen LogP contribution in [0.2, 0.25) is 0 Å². The zero-order chi connectivity index (χ0) is 35.6. The fourth-order valence-corrected chi connectivity index (χ4v) is 6.81. The zero-order valence-electron chi connectivity index (χ0n) is 31.2. The average Bonchev–Trinajstić information content (AvgIpc) is 3.27. The highest BCUT2D eigenvalue weighted by Gasteiger charge is 2.31. The summed E-state index contributed by atoms with van der Waals surface area (Å²) in [6.07, 6.45) is 17.7. The Kier molecular flexibility index (Phi) is 19.2. The molecule has 278 valence electrons. The fraction of sp³-hybridized carbons (Fsp3) is 0.895. The first-order valence-corrected chi connectivity index (χ1v) is 18.7. The quantitative estimate of drug-likeness (QED) is 0.0896. The molecule has 0 aromatic heterocycles. The van der Waals surface area contributed by atoms with Crippen LogP contribution in [0, 0.1) is 11.8 Å². The van der Waals surface area contributed by atoms with Crippen LogP contribution in [-0.4, -0.2) is 79.9 Å². The minimum Gasteiger partial charge on any atom is -0.465 e. The first-order valence-electron chi connectivity index (χ1n) is 18.7. The number of esters is 3. The molecule has 48 heavy (non-hydrogen) atoms. The first-order chi connectivity index (χ1) is 22.7. The van der Waals surface area contributed by atoms with E-state index in [1.807, 2.05) is 48.7 Å². The van der Waals surface area contributed by atoms with E-state index in [2.05, 4.69) is 10.6 Å². The Morgan fingerprint density at radius 2 is 1.12 bits per heavy atom. The lowest BCUT2D eigenvalue weighted by Gasteiger charge is -2.29. The minimum absolute atomic E-state index is 0.0192. The monoisotopic (exact) mass is 680 g/mol. The van der Waals surface area contributed by atoms with Gasteiger partial charge in [0.1, 0.15) is 18.4 Å². The highest BCUT2D eigenvalue weighted by atomic mass is 16.6. The molecular weight excluding hydrogens is 612 g/mol. The maximum absolute atomic E-state index is 12.9. The fourth-order valence-electron chi connectivity index (χ4n) is 6.81. The van der Waals surface area contributed by atoms with Crippen molar-refractivity contribution < 1.29 is 38.1 Å². The van der Waals surface area contributed by atoms with Crippen LogP contribution in [-0.2, 0) is 38.1 Å². The number of aldehydes is 1. The normalized spacial score (nSPS) is 22.6. The lowest BCUT2D eigenvalue weighted by Crippen LogP contribution is -2.50. The molecule has 3 aliphatic carbocycles. The van der Waals surface area contributed by atoms with E-state index in [0.29, 0.717) is 19.3 Å². The Bertz CT molecular complexity index is 947. The van der Waals surface area contributed by atoms with Crippen LogP contribution in [0.15, 0.2) is 0 Å². The van der Waals surface area contributed by atoms with Gasteiger partial charge in [-0.15, -0.1) is 0 Å². The van der Waals surface area contributed by atoms with Crippen LogP contribution in [0.5, 0.6) is 0 Å². The maximum atomic E-state index is 12.9. The van der Waals surface area contributed by atoms with Gasteiger partial charge in [-0.1, -0.05) is 32.1 Å². The number of methoxy groups -OCH3 is 1. The van der Waals surface area contributed by atoms with Crippen molar-refractivity contribution >= 4 is 24.2 Å². The van der Waals surface area contributed by atoms with Crippen molar-refractivity contribution in [2.24, 2.45) is 11.8 Å². The average molecular weight is 681 g/mol. The highest BCUT2D eigenvalue weighted by molar-refractivity contribution is 5.83. The summed E-state index contributed by atoms with van der Waals surface area (Å²) >= 11 is 0. The molecule has 3 aliphatic rings. The number of carbonyl (C=O) groups excluding carboxylic acids is 4. The van der Waals surface area contributed by atoms with Gasteiger partial charge in [0.2, 0.25) is 0 Å². The van der Waals surface area contributed by atoms with Gasteiger partial charge in [0.05, 0.1) is 38.2 Å². The molecule has 0 radical (unpaired) electrons. The Morgan fingerprint density at radius 3 is 1.56 bits per heavy atom. The van der Waals surface area contributed by atoms with Gasteiger partial charge < -0.3 is 29.1 Å². The molecular formula is C38H68N2O8. The van der Waals surface area contributed by atoms with E-state index in [4.69, 9.17) is 18.9 Å². The number of carbonyl (C=O) groups is 4.